The number of amides is 1. The van der Waals surface area contributed by atoms with Crippen LogP contribution in [0.5, 0.6) is 0 Å². The third-order valence-corrected chi connectivity index (χ3v) is 4.42. The summed E-state index contributed by atoms with van der Waals surface area (Å²) in [6.45, 7) is 14.5. The molecule has 5 heteroatoms. The van der Waals surface area contributed by atoms with Crippen molar-refractivity contribution < 1.29 is 9.90 Å². The molecule has 1 aliphatic rings. The fourth-order valence-corrected chi connectivity index (χ4v) is 1.96. The lowest BCUT2D eigenvalue weighted by molar-refractivity contribution is -0.137. The first-order chi connectivity index (χ1) is 8.48. The maximum absolute atomic E-state index is 12.5. The van der Waals surface area contributed by atoms with Gasteiger partial charge in [0, 0.05) is 26.2 Å². The van der Waals surface area contributed by atoms with Crippen molar-refractivity contribution in [1.29, 1.82) is 0 Å². The van der Waals surface area contributed by atoms with E-state index in [9.17, 15) is 9.90 Å². The lowest BCUT2D eigenvalue weighted by atomic mass is 9.85. The van der Waals surface area contributed by atoms with E-state index in [2.05, 4.69) is 15.5 Å². The minimum atomic E-state index is -0.970. The van der Waals surface area contributed by atoms with E-state index < -0.39 is 16.7 Å². The standard InChI is InChI=1S/C14H29N3O2/c1-12(2,17-9-7-15-8-10-17)11(18)16-13(3,4)14(5,6)19/h15,19H,7-10H2,1-6H3,(H,16,18). The number of nitrogens with one attached hydrogen (secondary N) is 2. The molecule has 0 bridgehead atoms. The van der Waals surface area contributed by atoms with Crippen molar-refractivity contribution in [3.05, 3.63) is 0 Å². The molecule has 0 aromatic carbocycles. The summed E-state index contributed by atoms with van der Waals surface area (Å²) in [6.07, 6.45) is 0. The molecule has 19 heavy (non-hydrogen) atoms. The van der Waals surface area contributed by atoms with Crippen molar-refractivity contribution in [1.82, 2.24) is 15.5 Å². The molecule has 0 saturated carbocycles. The molecule has 0 unspecified atom stereocenters. The van der Waals surface area contributed by atoms with Gasteiger partial charge in [-0.25, -0.2) is 0 Å². The second kappa shape index (κ2) is 5.38. The Hall–Kier alpha value is -0.650. The van der Waals surface area contributed by atoms with Crippen LogP contribution in [0.4, 0.5) is 0 Å². The monoisotopic (exact) mass is 271 g/mol. The van der Waals surface area contributed by atoms with Crippen LogP contribution >= 0.6 is 0 Å². The quantitative estimate of drug-likeness (QED) is 0.690. The van der Waals surface area contributed by atoms with E-state index in [1.807, 2.05) is 27.7 Å². The molecule has 0 aromatic rings. The van der Waals surface area contributed by atoms with Crippen LogP contribution in [-0.4, -0.2) is 58.8 Å². The minimum absolute atomic E-state index is 0.0403. The number of carbonyl (C=O) groups excluding carboxylic acids is 1. The van der Waals surface area contributed by atoms with Crippen LogP contribution in [0, 0.1) is 0 Å². The smallest absolute Gasteiger partial charge is 0.240 e. The van der Waals surface area contributed by atoms with Crippen LogP contribution in [-0.2, 0) is 4.79 Å². The van der Waals surface area contributed by atoms with Crippen molar-refractivity contribution >= 4 is 5.91 Å². The summed E-state index contributed by atoms with van der Waals surface area (Å²) in [5.41, 5.74) is -2.21. The average Bonchev–Trinajstić information content (AvgIpc) is 2.28. The van der Waals surface area contributed by atoms with Crippen molar-refractivity contribution in [3.63, 3.8) is 0 Å². The van der Waals surface area contributed by atoms with Gasteiger partial charge in [-0.2, -0.15) is 0 Å². The molecule has 0 atom stereocenters. The topological polar surface area (TPSA) is 64.6 Å². The lowest BCUT2D eigenvalue weighted by Crippen LogP contribution is -2.66. The summed E-state index contributed by atoms with van der Waals surface area (Å²) in [4.78, 5) is 14.7. The van der Waals surface area contributed by atoms with E-state index in [1.54, 1.807) is 13.8 Å². The molecule has 1 aliphatic heterocycles. The zero-order valence-electron chi connectivity index (χ0n) is 13.1. The van der Waals surface area contributed by atoms with Crippen molar-refractivity contribution in [2.45, 2.75) is 58.2 Å². The number of carbonyl (C=O) groups is 1. The third kappa shape index (κ3) is 3.68. The highest BCUT2D eigenvalue weighted by molar-refractivity contribution is 5.86. The van der Waals surface area contributed by atoms with Gasteiger partial charge in [-0.15, -0.1) is 0 Å². The Kier molecular flexibility index (Phi) is 4.65. The highest BCUT2D eigenvalue weighted by Crippen LogP contribution is 2.23. The molecular weight excluding hydrogens is 242 g/mol. The summed E-state index contributed by atoms with van der Waals surface area (Å²) >= 11 is 0. The van der Waals surface area contributed by atoms with Crippen LogP contribution in [0.2, 0.25) is 0 Å². The molecule has 1 saturated heterocycles. The molecule has 0 aliphatic carbocycles. The van der Waals surface area contributed by atoms with E-state index in [4.69, 9.17) is 0 Å². The summed E-state index contributed by atoms with van der Waals surface area (Å²) in [6, 6.07) is 0. The molecule has 1 fully saturated rings. The molecular formula is C14H29N3O2. The predicted octanol–water partition coefficient (Wildman–Crippen LogP) is 0.336. The normalized spacial score (nSPS) is 19.3. The molecule has 112 valence electrons. The Balaban J connectivity index is 2.76. The van der Waals surface area contributed by atoms with E-state index in [0.717, 1.165) is 26.2 Å². The summed E-state index contributed by atoms with van der Waals surface area (Å²) < 4.78 is 0. The number of aliphatic hydroxyl groups is 1. The molecule has 3 N–H and O–H groups in total. The van der Waals surface area contributed by atoms with E-state index in [1.165, 1.54) is 0 Å². The van der Waals surface area contributed by atoms with Gasteiger partial charge < -0.3 is 15.7 Å². The van der Waals surface area contributed by atoms with Gasteiger partial charge in [0.2, 0.25) is 5.91 Å². The molecule has 0 radical (unpaired) electrons. The number of rotatable bonds is 4. The number of nitrogens with zero attached hydrogens (tertiary/aromatic N) is 1. The summed E-state index contributed by atoms with van der Waals surface area (Å²) in [5.74, 6) is -0.0403. The van der Waals surface area contributed by atoms with Gasteiger partial charge >= 0.3 is 0 Å². The van der Waals surface area contributed by atoms with Crippen LogP contribution < -0.4 is 10.6 Å². The van der Waals surface area contributed by atoms with E-state index in [0.29, 0.717) is 0 Å². The van der Waals surface area contributed by atoms with Crippen LogP contribution in [0.1, 0.15) is 41.5 Å². The highest BCUT2D eigenvalue weighted by Gasteiger charge is 2.42. The largest absolute Gasteiger partial charge is 0.388 e. The first-order valence-electron chi connectivity index (χ1n) is 6.99. The van der Waals surface area contributed by atoms with Crippen molar-refractivity contribution in [2.24, 2.45) is 0 Å². The molecule has 1 amide bonds. The molecule has 1 heterocycles. The fourth-order valence-electron chi connectivity index (χ4n) is 1.96. The SMILES string of the molecule is CC(C)(C(=O)NC(C)(C)C(C)(C)O)N1CCNCC1. The highest BCUT2D eigenvalue weighted by atomic mass is 16.3. The van der Waals surface area contributed by atoms with Gasteiger partial charge in [0.1, 0.15) is 0 Å². The third-order valence-electron chi connectivity index (χ3n) is 4.42. The van der Waals surface area contributed by atoms with Gasteiger partial charge in [-0.05, 0) is 41.5 Å². The molecule has 1 rings (SSSR count). The Labute approximate surface area is 116 Å². The average molecular weight is 271 g/mol. The van der Waals surface area contributed by atoms with Crippen LogP contribution in [0.25, 0.3) is 0 Å². The van der Waals surface area contributed by atoms with Gasteiger partial charge in [0.05, 0.1) is 16.7 Å². The Morgan fingerprint density at radius 3 is 2.00 bits per heavy atom. The number of hydrogen-bond donors (Lipinski definition) is 3. The van der Waals surface area contributed by atoms with Gasteiger partial charge in [-0.1, -0.05) is 0 Å². The summed E-state index contributed by atoms with van der Waals surface area (Å²) in [5, 5.41) is 16.4. The van der Waals surface area contributed by atoms with E-state index in [-0.39, 0.29) is 5.91 Å². The Morgan fingerprint density at radius 2 is 1.58 bits per heavy atom. The predicted molar refractivity (Wildman–Crippen MR) is 77.0 cm³/mol. The molecule has 0 spiro atoms. The maximum atomic E-state index is 12.5. The molecule has 0 aromatic heterocycles. The summed E-state index contributed by atoms with van der Waals surface area (Å²) in [7, 11) is 0. The Morgan fingerprint density at radius 1 is 1.11 bits per heavy atom. The maximum Gasteiger partial charge on any atom is 0.240 e. The van der Waals surface area contributed by atoms with Gasteiger partial charge in [0.25, 0.3) is 0 Å². The van der Waals surface area contributed by atoms with Crippen LogP contribution in [0.3, 0.4) is 0 Å². The van der Waals surface area contributed by atoms with Gasteiger partial charge in [0.15, 0.2) is 0 Å². The number of piperazine rings is 1. The second-order valence-corrected chi connectivity index (χ2v) is 6.93. The first-order valence-corrected chi connectivity index (χ1v) is 6.99. The fraction of sp³-hybridized carbons (Fsp3) is 0.929. The van der Waals surface area contributed by atoms with Gasteiger partial charge in [-0.3, -0.25) is 9.69 Å². The molecule has 5 nitrogen and oxygen atoms in total. The van der Waals surface area contributed by atoms with Crippen molar-refractivity contribution in [3.8, 4) is 0 Å². The zero-order chi connectivity index (χ0) is 14.9. The lowest BCUT2D eigenvalue weighted by Gasteiger charge is -2.44. The van der Waals surface area contributed by atoms with E-state index >= 15 is 0 Å². The second-order valence-electron chi connectivity index (χ2n) is 6.93. The minimum Gasteiger partial charge on any atom is -0.388 e. The van der Waals surface area contributed by atoms with Crippen LogP contribution in [0.15, 0.2) is 0 Å². The number of hydrogen-bond acceptors (Lipinski definition) is 4. The van der Waals surface area contributed by atoms with Crippen molar-refractivity contribution in [2.75, 3.05) is 26.2 Å². The first kappa shape index (κ1) is 16.4. The Bertz CT molecular complexity index is 326. The zero-order valence-corrected chi connectivity index (χ0v) is 13.1.